The van der Waals surface area contributed by atoms with E-state index in [9.17, 15) is 9.59 Å². The molecular weight excluding hydrogens is 292 g/mol. The molecule has 1 aliphatic carbocycles. The SMILES string of the molecule is CC(C)=CC(=O)NC1CCC2CN(C(=O)OC(C)(C)C)CC2C1. The fourth-order valence-electron chi connectivity index (χ4n) is 3.54. The first kappa shape index (κ1) is 17.8. The predicted molar refractivity (Wildman–Crippen MR) is 90.0 cm³/mol. The normalized spacial score (nSPS) is 27.2. The van der Waals surface area contributed by atoms with E-state index >= 15 is 0 Å². The highest BCUT2D eigenvalue weighted by Gasteiger charge is 2.40. The van der Waals surface area contributed by atoms with E-state index in [-0.39, 0.29) is 18.0 Å². The van der Waals surface area contributed by atoms with Gasteiger partial charge in [-0.3, -0.25) is 4.79 Å². The molecule has 1 saturated heterocycles. The van der Waals surface area contributed by atoms with E-state index in [1.165, 1.54) is 0 Å². The summed E-state index contributed by atoms with van der Waals surface area (Å²) < 4.78 is 5.47. The number of fused-ring (bicyclic) bond motifs is 1. The fraction of sp³-hybridized carbons (Fsp3) is 0.778. The summed E-state index contributed by atoms with van der Waals surface area (Å²) in [4.78, 5) is 25.9. The standard InChI is InChI=1S/C18H30N2O3/c1-12(2)8-16(21)19-15-7-6-13-10-20(11-14(13)9-15)17(22)23-18(3,4)5/h8,13-15H,6-7,9-11H2,1-5H3,(H,19,21). The number of ether oxygens (including phenoxy) is 1. The van der Waals surface area contributed by atoms with Gasteiger partial charge < -0.3 is 15.0 Å². The van der Waals surface area contributed by atoms with Crippen molar-refractivity contribution < 1.29 is 14.3 Å². The number of hydrogen-bond donors (Lipinski definition) is 1. The quantitative estimate of drug-likeness (QED) is 0.795. The molecule has 2 fully saturated rings. The molecule has 2 amide bonds. The highest BCUT2D eigenvalue weighted by atomic mass is 16.6. The minimum atomic E-state index is -0.453. The van der Waals surface area contributed by atoms with Gasteiger partial charge in [-0.1, -0.05) is 5.57 Å². The molecule has 0 aromatic carbocycles. The van der Waals surface area contributed by atoms with Crippen molar-refractivity contribution in [1.82, 2.24) is 10.2 Å². The van der Waals surface area contributed by atoms with Crippen molar-refractivity contribution >= 4 is 12.0 Å². The Labute approximate surface area is 139 Å². The first-order valence-corrected chi connectivity index (χ1v) is 8.57. The lowest BCUT2D eigenvalue weighted by Crippen LogP contribution is -2.40. The van der Waals surface area contributed by atoms with Gasteiger partial charge in [0.2, 0.25) is 5.91 Å². The van der Waals surface area contributed by atoms with Gasteiger partial charge in [0.25, 0.3) is 0 Å². The van der Waals surface area contributed by atoms with Crippen molar-refractivity contribution in [2.75, 3.05) is 13.1 Å². The molecule has 0 radical (unpaired) electrons. The number of hydrogen-bond acceptors (Lipinski definition) is 3. The zero-order chi connectivity index (χ0) is 17.2. The Hall–Kier alpha value is -1.52. The first-order chi connectivity index (χ1) is 10.6. The first-order valence-electron chi connectivity index (χ1n) is 8.57. The average Bonchev–Trinajstić information content (AvgIpc) is 2.78. The van der Waals surface area contributed by atoms with Gasteiger partial charge in [0.15, 0.2) is 0 Å². The van der Waals surface area contributed by atoms with Gasteiger partial charge in [-0.05, 0) is 65.7 Å². The van der Waals surface area contributed by atoms with E-state index in [1.54, 1.807) is 6.08 Å². The molecule has 130 valence electrons. The summed E-state index contributed by atoms with van der Waals surface area (Å²) in [7, 11) is 0. The van der Waals surface area contributed by atoms with Gasteiger partial charge in [0.05, 0.1) is 0 Å². The molecular formula is C18H30N2O3. The number of allylic oxidation sites excluding steroid dienone is 1. The molecule has 23 heavy (non-hydrogen) atoms. The highest BCUT2D eigenvalue weighted by molar-refractivity contribution is 5.88. The lowest BCUT2D eigenvalue weighted by Gasteiger charge is -2.31. The van der Waals surface area contributed by atoms with Crippen molar-refractivity contribution in [1.29, 1.82) is 0 Å². The summed E-state index contributed by atoms with van der Waals surface area (Å²) in [5.74, 6) is 1.00. The van der Waals surface area contributed by atoms with Gasteiger partial charge >= 0.3 is 6.09 Å². The number of carbonyl (C=O) groups excluding carboxylic acids is 2. The maximum absolute atomic E-state index is 12.2. The molecule has 1 heterocycles. The maximum atomic E-state index is 12.2. The predicted octanol–water partition coefficient (Wildman–Crippen LogP) is 3.10. The Kier molecular flexibility index (Phi) is 5.37. The smallest absolute Gasteiger partial charge is 0.410 e. The Morgan fingerprint density at radius 3 is 2.39 bits per heavy atom. The number of carbonyl (C=O) groups is 2. The summed E-state index contributed by atoms with van der Waals surface area (Å²) in [5.41, 5.74) is 0.555. The lowest BCUT2D eigenvalue weighted by molar-refractivity contribution is -0.117. The number of rotatable bonds is 2. The molecule has 0 aromatic rings. The second-order valence-electron chi connectivity index (χ2n) is 8.15. The number of nitrogens with zero attached hydrogens (tertiary/aromatic N) is 1. The van der Waals surface area contributed by atoms with Gasteiger partial charge in [0.1, 0.15) is 5.60 Å². The summed E-state index contributed by atoms with van der Waals surface area (Å²) in [6, 6.07) is 0.220. The van der Waals surface area contributed by atoms with Crippen LogP contribution in [0.25, 0.3) is 0 Å². The number of amides is 2. The molecule has 0 aromatic heterocycles. The Bertz CT molecular complexity index is 489. The third-order valence-electron chi connectivity index (χ3n) is 4.47. The van der Waals surface area contributed by atoms with Crippen LogP contribution < -0.4 is 5.32 Å². The largest absolute Gasteiger partial charge is 0.444 e. The molecule has 3 atom stereocenters. The summed E-state index contributed by atoms with van der Waals surface area (Å²) >= 11 is 0. The van der Waals surface area contributed by atoms with Crippen LogP contribution in [0.3, 0.4) is 0 Å². The highest BCUT2D eigenvalue weighted by Crippen LogP contribution is 2.36. The summed E-state index contributed by atoms with van der Waals surface area (Å²) in [5, 5.41) is 3.10. The van der Waals surface area contributed by atoms with Crippen molar-refractivity contribution in [3.8, 4) is 0 Å². The van der Waals surface area contributed by atoms with Crippen molar-refractivity contribution in [3.05, 3.63) is 11.6 Å². The molecule has 3 unspecified atom stereocenters. The summed E-state index contributed by atoms with van der Waals surface area (Å²) in [6.07, 6.45) is 4.44. The van der Waals surface area contributed by atoms with Gasteiger partial charge in [-0.25, -0.2) is 4.79 Å². The molecule has 0 bridgehead atoms. The van der Waals surface area contributed by atoms with Crippen LogP contribution in [0.5, 0.6) is 0 Å². The van der Waals surface area contributed by atoms with Gasteiger partial charge in [0, 0.05) is 25.2 Å². The molecule has 2 rings (SSSR count). The maximum Gasteiger partial charge on any atom is 0.410 e. The van der Waals surface area contributed by atoms with Gasteiger partial charge in [-0.2, -0.15) is 0 Å². The van der Waals surface area contributed by atoms with Crippen LogP contribution in [0.1, 0.15) is 53.9 Å². The zero-order valence-electron chi connectivity index (χ0n) is 15.0. The van der Waals surface area contributed by atoms with E-state index in [1.807, 2.05) is 39.5 Å². The van der Waals surface area contributed by atoms with Crippen molar-refractivity contribution in [2.24, 2.45) is 11.8 Å². The van der Waals surface area contributed by atoms with Crippen molar-refractivity contribution in [2.45, 2.75) is 65.5 Å². The average molecular weight is 322 g/mol. The van der Waals surface area contributed by atoms with Crippen LogP contribution in [-0.4, -0.2) is 41.6 Å². The molecule has 1 saturated carbocycles. The molecule has 5 heteroatoms. The molecule has 1 N–H and O–H groups in total. The van der Waals surface area contributed by atoms with Gasteiger partial charge in [-0.15, -0.1) is 0 Å². The van der Waals surface area contributed by atoms with E-state index in [2.05, 4.69) is 5.32 Å². The second-order valence-corrected chi connectivity index (χ2v) is 8.15. The molecule has 0 spiro atoms. The van der Waals surface area contributed by atoms with Crippen LogP contribution in [0.15, 0.2) is 11.6 Å². The minimum absolute atomic E-state index is 0.00422. The van der Waals surface area contributed by atoms with Crippen LogP contribution in [0.2, 0.25) is 0 Å². The third kappa shape index (κ3) is 5.26. The number of nitrogens with one attached hydrogen (secondary N) is 1. The van der Waals surface area contributed by atoms with E-state index in [4.69, 9.17) is 4.74 Å². The summed E-state index contributed by atoms with van der Waals surface area (Å²) in [6.45, 7) is 11.1. The van der Waals surface area contributed by atoms with E-state index in [0.29, 0.717) is 11.8 Å². The van der Waals surface area contributed by atoms with Crippen LogP contribution in [0.4, 0.5) is 4.79 Å². The Morgan fingerprint density at radius 1 is 1.13 bits per heavy atom. The van der Waals surface area contributed by atoms with Crippen LogP contribution in [0, 0.1) is 11.8 Å². The third-order valence-corrected chi connectivity index (χ3v) is 4.47. The molecule has 5 nitrogen and oxygen atoms in total. The van der Waals surface area contributed by atoms with Crippen LogP contribution >= 0.6 is 0 Å². The molecule has 2 aliphatic rings. The monoisotopic (exact) mass is 322 g/mol. The Morgan fingerprint density at radius 2 is 1.78 bits per heavy atom. The fourth-order valence-corrected chi connectivity index (χ4v) is 3.54. The Balaban J connectivity index is 1.87. The van der Waals surface area contributed by atoms with E-state index < -0.39 is 5.60 Å². The zero-order valence-corrected chi connectivity index (χ0v) is 15.0. The van der Waals surface area contributed by atoms with Crippen molar-refractivity contribution in [3.63, 3.8) is 0 Å². The topological polar surface area (TPSA) is 58.6 Å². The second kappa shape index (κ2) is 6.93. The number of likely N-dealkylation sites (tertiary alicyclic amines) is 1. The molecule has 1 aliphatic heterocycles. The lowest BCUT2D eigenvalue weighted by atomic mass is 9.79. The minimum Gasteiger partial charge on any atom is -0.444 e. The van der Waals surface area contributed by atoms with Crippen LogP contribution in [-0.2, 0) is 9.53 Å². The van der Waals surface area contributed by atoms with E-state index in [0.717, 1.165) is 37.9 Å².